The molecule has 258 valence electrons. The highest BCUT2D eigenvalue weighted by molar-refractivity contribution is 6.00. The van der Waals surface area contributed by atoms with E-state index in [-0.39, 0.29) is 5.41 Å². The van der Waals surface area contributed by atoms with Crippen LogP contribution in [0.1, 0.15) is 48.6 Å². The highest BCUT2D eigenvalue weighted by Gasteiger charge is 2.52. The van der Waals surface area contributed by atoms with Gasteiger partial charge in [-0.25, -0.2) is 0 Å². The van der Waals surface area contributed by atoms with Gasteiger partial charge >= 0.3 is 0 Å². The van der Waals surface area contributed by atoms with Crippen LogP contribution in [0.3, 0.4) is 0 Å². The van der Waals surface area contributed by atoms with E-state index in [2.05, 4.69) is 220 Å². The average molecular weight is 692 g/mol. The topological polar surface area (TPSA) is 3.24 Å². The van der Waals surface area contributed by atoms with Gasteiger partial charge in [-0.15, -0.1) is 0 Å². The summed E-state index contributed by atoms with van der Waals surface area (Å²) in [6.45, 7) is 6.85. The van der Waals surface area contributed by atoms with Gasteiger partial charge in [0.25, 0.3) is 0 Å². The summed E-state index contributed by atoms with van der Waals surface area (Å²) < 4.78 is 0. The molecule has 0 heterocycles. The molecule has 0 atom stereocenters. The van der Waals surface area contributed by atoms with E-state index in [1.165, 1.54) is 72.3 Å². The van der Waals surface area contributed by atoms with Crippen molar-refractivity contribution in [2.45, 2.75) is 31.6 Å². The van der Waals surface area contributed by atoms with Gasteiger partial charge in [0.15, 0.2) is 0 Å². The summed E-state index contributed by atoms with van der Waals surface area (Å²) in [4.78, 5) is 2.46. The average Bonchev–Trinajstić information content (AvgIpc) is 3.68. The minimum Gasteiger partial charge on any atom is -0.310 e. The van der Waals surface area contributed by atoms with E-state index in [0.29, 0.717) is 0 Å². The van der Waals surface area contributed by atoms with Gasteiger partial charge in [-0.1, -0.05) is 178 Å². The Balaban J connectivity index is 1.29. The maximum atomic E-state index is 2.53. The number of para-hydroxylation sites is 1. The number of fused-ring (bicyclic) bond motifs is 10. The molecule has 0 radical (unpaired) electrons. The lowest BCUT2D eigenvalue weighted by atomic mass is 9.70. The minimum atomic E-state index is -0.442. The fourth-order valence-corrected chi connectivity index (χ4v) is 9.13. The first kappa shape index (κ1) is 32.2. The van der Waals surface area contributed by atoms with Gasteiger partial charge in [-0.2, -0.15) is 0 Å². The Labute approximate surface area is 318 Å². The predicted octanol–water partition coefficient (Wildman–Crippen LogP) is 14.1. The van der Waals surface area contributed by atoms with Gasteiger partial charge in [-0.05, 0) is 109 Å². The molecular weight excluding hydrogens is 651 g/mol. The van der Waals surface area contributed by atoms with Crippen molar-refractivity contribution in [3.8, 4) is 44.5 Å². The summed E-state index contributed by atoms with van der Waals surface area (Å²) in [6, 6.07) is 72.1. The van der Waals surface area contributed by atoms with Crippen LogP contribution in [-0.2, 0) is 10.8 Å². The van der Waals surface area contributed by atoms with Crippen LogP contribution in [0, 0.1) is 0 Å². The molecule has 0 saturated heterocycles. The van der Waals surface area contributed by atoms with Crippen molar-refractivity contribution in [1.29, 1.82) is 0 Å². The van der Waals surface area contributed by atoms with Crippen LogP contribution in [0.25, 0.3) is 44.5 Å². The van der Waals surface area contributed by atoms with Crippen LogP contribution < -0.4 is 4.90 Å². The predicted molar refractivity (Wildman–Crippen MR) is 227 cm³/mol. The van der Waals surface area contributed by atoms with E-state index >= 15 is 0 Å². The highest BCUT2D eigenvalue weighted by atomic mass is 15.1. The molecule has 0 amide bonds. The molecule has 0 N–H and O–H groups in total. The van der Waals surface area contributed by atoms with Gasteiger partial charge in [0.2, 0.25) is 0 Å². The molecule has 10 rings (SSSR count). The standard InChI is InChI=1S/C53H41N/c1-52(2,3)39-30-26-38(27-31-39)45-34-46-44-22-12-15-25-49(44)53(47-23-13-10-20-42(47)43-21-11-14-24-48(43)53)50(46)35-51(45)54(40-18-8-5-9-19-40)41-32-28-37(29-33-41)36-16-6-4-7-17-36/h4-35H,1-3H3. The number of nitrogens with zero attached hydrogens (tertiary/aromatic N) is 1. The first-order chi connectivity index (χ1) is 26.4. The smallest absolute Gasteiger partial charge is 0.0726 e. The Kier molecular flexibility index (Phi) is 7.35. The lowest BCUT2D eigenvalue weighted by molar-refractivity contribution is 0.590. The van der Waals surface area contributed by atoms with Gasteiger partial charge in [0, 0.05) is 16.9 Å². The molecule has 0 fully saturated rings. The van der Waals surface area contributed by atoms with Crippen LogP contribution in [0.2, 0.25) is 0 Å². The zero-order valence-corrected chi connectivity index (χ0v) is 30.9. The maximum absolute atomic E-state index is 2.53. The van der Waals surface area contributed by atoms with Crippen LogP contribution >= 0.6 is 0 Å². The van der Waals surface area contributed by atoms with Gasteiger partial charge < -0.3 is 4.90 Å². The Bertz CT molecular complexity index is 2620. The molecule has 8 aromatic rings. The molecule has 1 heteroatoms. The number of benzene rings is 8. The Morgan fingerprint density at radius 1 is 0.352 bits per heavy atom. The van der Waals surface area contributed by atoms with E-state index in [0.717, 1.165) is 17.1 Å². The Hall–Kier alpha value is -6.44. The third kappa shape index (κ3) is 4.85. The zero-order valence-electron chi connectivity index (χ0n) is 30.9. The van der Waals surface area contributed by atoms with E-state index in [9.17, 15) is 0 Å². The van der Waals surface area contributed by atoms with Crippen molar-refractivity contribution < 1.29 is 0 Å². The van der Waals surface area contributed by atoms with Crippen molar-refractivity contribution in [2.24, 2.45) is 0 Å². The Morgan fingerprint density at radius 2 is 0.796 bits per heavy atom. The van der Waals surface area contributed by atoms with Crippen molar-refractivity contribution in [1.82, 2.24) is 0 Å². The normalized spacial score (nSPS) is 13.2. The van der Waals surface area contributed by atoms with Crippen LogP contribution in [0.4, 0.5) is 17.1 Å². The van der Waals surface area contributed by atoms with E-state index in [1.807, 2.05) is 0 Å². The highest BCUT2D eigenvalue weighted by Crippen LogP contribution is 2.64. The second kappa shape index (κ2) is 12.3. The first-order valence-corrected chi connectivity index (χ1v) is 19.0. The summed E-state index contributed by atoms with van der Waals surface area (Å²) in [7, 11) is 0. The molecule has 8 aromatic carbocycles. The number of hydrogen-bond acceptors (Lipinski definition) is 1. The molecule has 1 spiro atoms. The van der Waals surface area contributed by atoms with E-state index in [1.54, 1.807) is 0 Å². The molecule has 1 nitrogen and oxygen atoms in total. The number of hydrogen-bond donors (Lipinski definition) is 0. The fourth-order valence-electron chi connectivity index (χ4n) is 9.13. The monoisotopic (exact) mass is 691 g/mol. The van der Waals surface area contributed by atoms with Crippen LogP contribution in [-0.4, -0.2) is 0 Å². The van der Waals surface area contributed by atoms with Crippen LogP contribution in [0.5, 0.6) is 0 Å². The maximum Gasteiger partial charge on any atom is 0.0726 e. The van der Waals surface area contributed by atoms with Crippen molar-refractivity contribution in [3.63, 3.8) is 0 Å². The number of rotatable bonds is 5. The van der Waals surface area contributed by atoms with E-state index in [4.69, 9.17) is 0 Å². The second-order valence-electron chi connectivity index (χ2n) is 15.7. The van der Waals surface area contributed by atoms with Gasteiger partial charge in [0.1, 0.15) is 0 Å². The van der Waals surface area contributed by atoms with Crippen LogP contribution in [0.15, 0.2) is 194 Å². The second-order valence-corrected chi connectivity index (χ2v) is 15.7. The van der Waals surface area contributed by atoms with Crippen molar-refractivity contribution in [3.05, 3.63) is 222 Å². The third-order valence-electron chi connectivity index (χ3n) is 11.7. The summed E-state index contributed by atoms with van der Waals surface area (Å²) in [6.07, 6.45) is 0. The van der Waals surface area contributed by atoms with Crippen molar-refractivity contribution >= 4 is 17.1 Å². The Morgan fingerprint density at radius 3 is 1.35 bits per heavy atom. The molecule has 0 saturated carbocycles. The molecule has 0 unspecified atom stereocenters. The molecule has 54 heavy (non-hydrogen) atoms. The SMILES string of the molecule is CC(C)(C)c1ccc(-c2cc3c(cc2N(c2ccccc2)c2ccc(-c4ccccc4)cc2)C2(c4ccccc4-c4ccccc42)c2ccccc2-3)cc1. The molecule has 0 aromatic heterocycles. The molecule has 2 aliphatic carbocycles. The van der Waals surface area contributed by atoms with Gasteiger partial charge in [-0.3, -0.25) is 0 Å². The minimum absolute atomic E-state index is 0.0600. The molecule has 2 aliphatic rings. The summed E-state index contributed by atoms with van der Waals surface area (Å²) >= 11 is 0. The lowest BCUT2D eigenvalue weighted by Gasteiger charge is -2.33. The molecular formula is C53H41N. The number of anilines is 3. The summed E-state index contributed by atoms with van der Waals surface area (Å²) in [5, 5.41) is 0. The van der Waals surface area contributed by atoms with E-state index < -0.39 is 5.41 Å². The fraction of sp³-hybridized carbons (Fsp3) is 0.0943. The summed E-state index contributed by atoms with van der Waals surface area (Å²) in [5.74, 6) is 0. The van der Waals surface area contributed by atoms with Gasteiger partial charge in [0.05, 0.1) is 11.1 Å². The zero-order chi connectivity index (χ0) is 36.4. The summed E-state index contributed by atoms with van der Waals surface area (Å²) in [5.41, 5.74) is 19.8. The van der Waals surface area contributed by atoms with Crippen molar-refractivity contribution in [2.75, 3.05) is 4.90 Å². The molecule has 0 aliphatic heterocycles. The largest absolute Gasteiger partial charge is 0.310 e. The quantitative estimate of drug-likeness (QED) is 0.174. The lowest BCUT2D eigenvalue weighted by Crippen LogP contribution is -2.26. The molecule has 0 bridgehead atoms. The first-order valence-electron chi connectivity index (χ1n) is 19.0. The third-order valence-corrected chi connectivity index (χ3v) is 11.7.